The maximum Gasteiger partial charge on any atom is 0.130 e. The largest absolute Gasteiger partial charge is 0.300 e. The molecule has 0 aliphatic carbocycles. The molecule has 0 saturated carbocycles. The third-order valence-corrected chi connectivity index (χ3v) is 4.78. The van der Waals surface area contributed by atoms with E-state index in [0.29, 0.717) is 17.6 Å². The van der Waals surface area contributed by atoms with Gasteiger partial charge in [-0.25, -0.2) is 0 Å². The van der Waals surface area contributed by atoms with Crippen molar-refractivity contribution in [1.29, 1.82) is 0 Å². The van der Waals surface area contributed by atoms with Gasteiger partial charge in [0.15, 0.2) is 0 Å². The summed E-state index contributed by atoms with van der Waals surface area (Å²) in [7, 11) is 1.96. The minimum Gasteiger partial charge on any atom is -0.300 e. The molecule has 2 rings (SSSR count). The van der Waals surface area contributed by atoms with E-state index in [0.717, 1.165) is 29.3 Å². The number of benzene rings is 1. The SMILES string of the molecule is CCC(CC(C)=O)C(C)C.CCCc1cc(Br)cc2nn(C)cc12. The second-order valence-corrected chi connectivity index (χ2v) is 7.78. The fourth-order valence-corrected chi connectivity index (χ4v) is 3.47. The van der Waals surface area contributed by atoms with Crippen LogP contribution >= 0.6 is 15.9 Å². The molecule has 24 heavy (non-hydrogen) atoms. The lowest BCUT2D eigenvalue weighted by Gasteiger charge is -2.16. The third kappa shape index (κ3) is 6.39. The van der Waals surface area contributed by atoms with E-state index in [2.05, 4.69) is 67.1 Å². The molecule has 4 heteroatoms. The number of fused-ring (bicyclic) bond motifs is 1. The van der Waals surface area contributed by atoms with Gasteiger partial charge in [0.25, 0.3) is 0 Å². The van der Waals surface area contributed by atoms with Crippen LogP contribution in [0.5, 0.6) is 0 Å². The first-order valence-corrected chi connectivity index (χ1v) is 9.68. The molecule has 0 amide bonds. The molecule has 0 fully saturated rings. The van der Waals surface area contributed by atoms with Gasteiger partial charge in [-0.05, 0) is 42.9 Å². The molecule has 0 radical (unpaired) electrons. The van der Waals surface area contributed by atoms with Gasteiger partial charge in [0.1, 0.15) is 5.78 Å². The van der Waals surface area contributed by atoms with Crippen molar-refractivity contribution in [1.82, 2.24) is 9.78 Å². The van der Waals surface area contributed by atoms with Crippen molar-refractivity contribution in [2.75, 3.05) is 0 Å². The summed E-state index contributed by atoms with van der Waals surface area (Å²) in [6.45, 7) is 10.4. The minimum absolute atomic E-state index is 0.320. The number of hydrogen-bond acceptors (Lipinski definition) is 2. The second-order valence-electron chi connectivity index (χ2n) is 6.87. The van der Waals surface area contributed by atoms with Crippen LogP contribution in [-0.4, -0.2) is 15.6 Å². The van der Waals surface area contributed by atoms with E-state index in [9.17, 15) is 4.79 Å². The van der Waals surface area contributed by atoms with E-state index in [1.54, 1.807) is 6.92 Å². The highest BCUT2D eigenvalue weighted by Crippen LogP contribution is 2.24. The number of ketones is 1. The van der Waals surface area contributed by atoms with Gasteiger partial charge < -0.3 is 4.79 Å². The topological polar surface area (TPSA) is 34.9 Å². The summed E-state index contributed by atoms with van der Waals surface area (Å²) in [5, 5.41) is 5.68. The second kappa shape index (κ2) is 9.97. The standard InChI is InChI=1S/C11H13BrN2.C9H18O/c1-3-4-8-5-9(12)6-11-10(8)7-14(2)13-11;1-5-9(7(2)3)6-8(4)10/h5-7H,3-4H2,1-2H3;7,9H,5-6H2,1-4H3. The van der Waals surface area contributed by atoms with E-state index in [-0.39, 0.29) is 0 Å². The monoisotopic (exact) mass is 394 g/mol. The molecule has 0 N–H and O–H groups in total. The number of aromatic nitrogens is 2. The number of aryl methyl sites for hydroxylation is 2. The van der Waals surface area contributed by atoms with Crippen LogP contribution in [0.4, 0.5) is 0 Å². The third-order valence-electron chi connectivity index (χ3n) is 4.33. The van der Waals surface area contributed by atoms with Crippen molar-refractivity contribution in [3.63, 3.8) is 0 Å². The van der Waals surface area contributed by atoms with Crippen LogP contribution in [0.1, 0.15) is 59.4 Å². The maximum atomic E-state index is 10.7. The first-order valence-electron chi connectivity index (χ1n) is 8.89. The molecule has 1 unspecified atom stereocenters. The van der Waals surface area contributed by atoms with E-state index in [1.165, 1.54) is 17.4 Å². The Labute approximate surface area is 154 Å². The van der Waals surface area contributed by atoms with Crippen LogP contribution in [0.2, 0.25) is 0 Å². The number of carbonyl (C=O) groups excluding carboxylic acids is 1. The molecule has 1 atom stereocenters. The molecule has 0 aliphatic rings. The van der Waals surface area contributed by atoms with Gasteiger partial charge in [0.2, 0.25) is 0 Å². The van der Waals surface area contributed by atoms with Crippen molar-refractivity contribution < 1.29 is 4.79 Å². The van der Waals surface area contributed by atoms with Crippen LogP contribution in [-0.2, 0) is 18.3 Å². The number of rotatable bonds is 6. The fraction of sp³-hybridized carbons (Fsp3) is 0.600. The number of Topliss-reactive ketones (excluding diaryl/α,β-unsaturated/α-hetero) is 1. The van der Waals surface area contributed by atoms with E-state index in [4.69, 9.17) is 0 Å². The van der Waals surface area contributed by atoms with Gasteiger partial charge in [-0.15, -0.1) is 0 Å². The molecule has 134 valence electrons. The molecule has 1 aromatic carbocycles. The molecule has 0 bridgehead atoms. The number of nitrogens with zero attached hydrogens (tertiary/aromatic N) is 2. The highest BCUT2D eigenvalue weighted by molar-refractivity contribution is 9.10. The Morgan fingerprint density at radius 3 is 2.42 bits per heavy atom. The average molecular weight is 395 g/mol. The zero-order chi connectivity index (χ0) is 18.3. The molecule has 1 heterocycles. The molecular weight excluding hydrogens is 364 g/mol. The van der Waals surface area contributed by atoms with Gasteiger partial charge in [0.05, 0.1) is 5.52 Å². The Bertz CT molecular complexity index is 661. The van der Waals surface area contributed by atoms with Crippen LogP contribution in [0, 0.1) is 11.8 Å². The lowest BCUT2D eigenvalue weighted by Crippen LogP contribution is -2.11. The Hall–Kier alpha value is -1.16. The summed E-state index contributed by atoms with van der Waals surface area (Å²) in [6, 6.07) is 4.25. The van der Waals surface area contributed by atoms with E-state index >= 15 is 0 Å². The Morgan fingerprint density at radius 1 is 1.29 bits per heavy atom. The summed E-state index contributed by atoms with van der Waals surface area (Å²) in [5.41, 5.74) is 2.45. The van der Waals surface area contributed by atoms with E-state index < -0.39 is 0 Å². The van der Waals surface area contributed by atoms with Crippen LogP contribution in [0.25, 0.3) is 10.9 Å². The van der Waals surface area contributed by atoms with Gasteiger partial charge in [0, 0.05) is 29.5 Å². The van der Waals surface area contributed by atoms with Crippen molar-refractivity contribution >= 4 is 32.6 Å². The highest BCUT2D eigenvalue weighted by Gasteiger charge is 2.12. The minimum atomic E-state index is 0.320. The van der Waals surface area contributed by atoms with Gasteiger partial charge in [-0.3, -0.25) is 4.68 Å². The first-order chi connectivity index (χ1) is 11.3. The summed E-state index contributed by atoms with van der Waals surface area (Å²) in [6.07, 6.45) is 6.25. The Kier molecular flexibility index (Phi) is 8.68. The van der Waals surface area contributed by atoms with Crippen molar-refractivity contribution in [2.24, 2.45) is 18.9 Å². The smallest absolute Gasteiger partial charge is 0.130 e. The molecule has 0 aliphatic heterocycles. The van der Waals surface area contributed by atoms with Crippen LogP contribution in [0.15, 0.2) is 22.8 Å². The normalized spacial score (nSPS) is 12.2. The summed E-state index contributed by atoms with van der Waals surface area (Å²) >= 11 is 3.51. The summed E-state index contributed by atoms with van der Waals surface area (Å²) in [4.78, 5) is 10.7. The van der Waals surface area contributed by atoms with Crippen molar-refractivity contribution in [3.05, 3.63) is 28.4 Å². The number of halogens is 1. The number of hydrogen-bond donors (Lipinski definition) is 0. The van der Waals surface area contributed by atoms with Crippen molar-refractivity contribution in [2.45, 2.75) is 60.3 Å². The average Bonchev–Trinajstić information content (AvgIpc) is 2.85. The predicted molar refractivity (Wildman–Crippen MR) is 106 cm³/mol. The summed E-state index contributed by atoms with van der Waals surface area (Å²) < 4.78 is 2.99. The summed E-state index contributed by atoms with van der Waals surface area (Å²) in [5.74, 6) is 1.56. The maximum absolute atomic E-state index is 10.7. The Morgan fingerprint density at radius 2 is 1.96 bits per heavy atom. The molecular formula is C20H31BrN2O. The zero-order valence-corrected chi connectivity index (χ0v) is 17.5. The Balaban J connectivity index is 0.000000257. The zero-order valence-electron chi connectivity index (χ0n) is 15.9. The number of carbonyl (C=O) groups is 1. The molecule has 1 aromatic heterocycles. The van der Waals surface area contributed by atoms with Crippen molar-refractivity contribution in [3.8, 4) is 0 Å². The highest BCUT2D eigenvalue weighted by atomic mass is 79.9. The van der Waals surface area contributed by atoms with Gasteiger partial charge in [-0.1, -0.05) is 56.5 Å². The van der Waals surface area contributed by atoms with Gasteiger partial charge >= 0.3 is 0 Å². The van der Waals surface area contributed by atoms with Crippen LogP contribution < -0.4 is 0 Å². The molecule has 2 aromatic rings. The fourth-order valence-electron chi connectivity index (χ4n) is 2.97. The first kappa shape index (κ1) is 20.9. The lowest BCUT2D eigenvalue weighted by atomic mass is 9.89. The molecule has 0 spiro atoms. The lowest BCUT2D eigenvalue weighted by molar-refractivity contribution is -0.118. The predicted octanol–water partition coefficient (Wildman–Crippen LogP) is 5.94. The molecule has 0 saturated heterocycles. The van der Waals surface area contributed by atoms with Crippen LogP contribution in [0.3, 0.4) is 0 Å². The van der Waals surface area contributed by atoms with E-state index in [1.807, 2.05) is 11.7 Å². The molecule has 3 nitrogen and oxygen atoms in total. The van der Waals surface area contributed by atoms with Gasteiger partial charge in [-0.2, -0.15) is 5.10 Å². The quantitative estimate of drug-likeness (QED) is 0.607.